The molecule has 0 aliphatic rings. The van der Waals surface area contributed by atoms with Crippen molar-refractivity contribution in [3.05, 3.63) is 76.6 Å². The lowest BCUT2D eigenvalue weighted by molar-refractivity contribution is -0.142. The molecule has 0 saturated heterocycles. The molecule has 7 N–H and O–H groups in total. The Bertz CT molecular complexity index is 1170. The van der Waals surface area contributed by atoms with Gasteiger partial charge in [0.1, 0.15) is 17.4 Å². The first-order valence-electron chi connectivity index (χ1n) is 11.2. The Labute approximate surface area is 208 Å². The van der Waals surface area contributed by atoms with Gasteiger partial charge in [0.25, 0.3) is 0 Å². The summed E-state index contributed by atoms with van der Waals surface area (Å²) in [5, 5.41) is 29.4. The lowest BCUT2D eigenvalue weighted by atomic mass is 10.0. The fraction of sp³-hybridized carbons (Fsp3) is 0.280. The van der Waals surface area contributed by atoms with Crippen LogP contribution in [-0.4, -0.2) is 60.1 Å². The van der Waals surface area contributed by atoms with Crippen molar-refractivity contribution in [1.82, 2.24) is 19.8 Å². The molecule has 0 aliphatic carbocycles. The molecule has 2 heterocycles. The van der Waals surface area contributed by atoms with Crippen LogP contribution in [0.3, 0.4) is 0 Å². The third kappa shape index (κ3) is 7.93. The second-order valence-corrected chi connectivity index (χ2v) is 8.62. The average molecular weight is 495 g/mol. The maximum atomic E-state index is 11.2. The number of anilines is 2. The maximum absolute atomic E-state index is 11.2. The van der Waals surface area contributed by atoms with Gasteiger partial charge in [-0.2, -0.15) is 0 Å². The lowest BCUT2D eigenvalue weighted by Crippen LogP contribution is -2.34. The lowest BCUT2D eigenvalue weighted by Gasteiger charge is -2.24. The second kappa shape index (κ2) is 12.0. The van der Waals surface area contributed by atoms with Crippen molar-refractivity contribution in [2.75, 3.05) is 24.6 Å². The molecule has 36 heavy (non-hydrogen) atoms. The van der Waals surface area contributed by atoms with Crippen LogP contribution in [0.5, 0.6) is 5.75 Å². The van der Waals surface area contributed by atoms with Gasteiger partial charge < -0.3 is 26.8 Å². The molecule has 0 radical (unpaired) electrons. The van der Waals surface area contributed by atoms with Crippen molar-refractivity contribution in [2.45, 2.75) is 33.1 Å². The number of nitrogen functional groups attached to an aromatic ring is 2. The molecule has 0 fully saturated rings. The summed E-state index contributed by atoms with van der Waals surface area (Å²) in [6.07, 6.45) is 0. The highest BCUT2D eigenvalue weighted by Gasteiger charge is 2.19. The number of carboxylic acid groups (broad SMARTS) is 2. The van der Waals surface area contributed by atoms with E-state index in [2.05, 4.69) is 9.97 Å². The molecule has 190 valence electrons. The summed E-state index contributed by atoms with van der Waals surface area (Å²) in [5.41, 5.74) is 15.1. The Kier molecular flexibility index (Phi) is 8.76. The van der Waals surface area contributed by atoms with Gasteiger partial charge in [0.2, 0.25) is 0 Å². The van der Waals surface area contributed by atoms with Crippen LogP contribution in [0.1, 0.15) is 28.1 Å². The SMILES string of the molecule is Cc1cc(CN(CC(=O)O)CC(=O)O)c(O)c(CN(Cc2cccc(N)n2)Cc2cccc(N)n2)c1. The fourth-order valence-corrected chi connectivity index (χ4v) is 4.01. The number of aromatic nitrogens is 2. The molecule has 3 rings (SSSR count). The van der Waals surface area contributed by atoms with Crippen molar-refractivity contribution in [1.29, 1.82) is 0 Å². The van der Waals surface area contributed by atoms with E-state index in [1.165, 1.54) is 4.90 Å². The third-order valence-corrected chi connectivity index (χ3v) is 5.35. The number of aryl methyl sites for hydroxylation is 1. The summed E-state index contributed by atoms with van der Waals surface area (Å²) in [6, 6.07) is 14.3. The van der Waals surface area contributed by atoms with E-state index >= 15 is 0 Å². The van der Waals surface area contributed by atoms with Crippen molar-refractivity contribution in [3.8, 4) is 5.75 Å². The number of hydrogen-bond donors (Lipinski definition) is 5. The van der Waals surface area contributed by atoms with E-state index in [9.17, 15) is 14.7 Å². The van der Waals surface area contributed by atoms with Gasteiger partial charge in [0.15, 0.2) is 0 Å². The zero-order valence-corrected chi connectivity index (χ0v) is 20.0. The number of pyridine rings is 2. The molecular weight excluding hydrogens is 464 g/mol. The summed E-state index contributed by atoms with van der Waals surface area (Å²) in [4.78, 5) is 34.4. The molecule has 0 bridgehead atoms. The molecule has 0 saturated carbocycles. The third-order valence-electron chi connectivity index (χ3n) is 5.35. The molecule has 11 heteroatoms. The molecule has 3 aromatic rings. The number of carboxylic acids is 2. The number of rotatable bonds is 12. The van der Waals surface area contributed by atoms with Gasteiger partial charge in [0, 0.05) is 37.3 Å². The van der Waals surface area contributed by atoms with E-state index in [0.29, 0.717) is 42.4 Å². The highest BCUT2D eigenvalue weighted by molar-refractivity contribution is 5.72. The normalized spacial score (nSPS) is 11.2. The number of phenolic OH excluding ortho intramolecular Hbond substituents is 1. The maximum Gasteiger partial charge on any atom is 0.317 e. The van der Waals surface area contributed by atoms with Gasteiger partial charge >= 0.3 is 11.9 Å². The number of nitrogens with two attached hydrogens (primary N) is 2. The first kappa shape index (κ1) is 26.4. The molecule has 0 atom stereocenters. The topological polar surface area (TPSA) is 179 Å². The van der Waals surface area contributed by atoms with Crippen LogP contribution in [0.25, 0.3) is 0 Å². The Morgan fingerprint density at radius 2 is 1.22 bits per heavy atom. The van der Waals surface area contributed by atoms with Gasteiger partial charge in [-0.25, -0.2) is 9.97 Å². The monoisotopic (exact) mass is 494 g/mol. The number of carbonyl (C=O) groups is 2. The summed E-state index contributed by atoms with van der Waals surface area (Å²) in [5.74, 6) is -1.54. The number of nitrogens with zero attached hydrogens (tertiary/aromatic N) is 4. The zero-order chi connectivity index (χ0) is 26.2. The van der Waals surface area contributed by atoms with E-state index in [4.69, 9.17) is 21.7 Å². The number of aromatic hydroxyl groups is 1. The van der Waals surface area contributed by atoms with Crippen LogP contribution in [0.4, 0.5) is 11.6 Å². The Morgan fingerprint density at radius 1 is 0.778 bits per heavy atom. The number of benzene rings is 1. The van der Waals surface area contributed by atoms with Crippen LogP contribution in [0.15, 0.2) is 48.5 Å². The van der Waals surface area contributed by atoms with Gasteiger partial charge in [0.05, 0.1) is 24.5 Å². The average Bonchev–Trinajstić information content (AvgIpc) is 2.76. The Hall–Kier alpha value is -4.22. The summed E-state index contributed by atoms with van der Waals surface area (Å²) < 4.78 is 0. The highest BCUT2D eigenvalue weighted by atomic mass is 16.4. The van der Waals surface area contributed by atoms with Crippen molar-refractivity contribution < 1.29 is 24.9 Å². The minimum absolute atomic E-state index is 0.0209. The molecule has 0 amide bonds. The zero-order valence-electron chi connectivity index (χ0n) is 20.0. The number of hydrogen-bond acceptors (Lipinski definition) is 9. The van der Waals surface area contributed by atoms with E-state index in [1.807, 2.05) is 42.2 Å². The van der Waals surface area contributed by atoms with Gasteiger partial charge in [-0.15, -0.1) is 0 Å². The molecule has 0 aliphatic heterocycles. The van der Waals surface area contributed by atoms with Crippen LogP contribution in [0, 0.1) is 6.92 Å². The van der Waals surface area contributed by atoms with Gasteiger partial charge in [-0.1, -0.05) is 29.8 Å². The Balaban J connectivity index is 1.90. The van der Waals surface area contributed by atoms with Gasteiger partial charge in [-0.05, 0) is 31.2 Å². The van der Waals surface area contributed by atoms with Crippen molar-refractivity contribution in [2.24, 2.45) is 0 Å². The van der Waals surface area contributed by atoms with Crippen LogP contribution < -0.4 is 11.5 Å². The molecular formula is C25H30N6O5. The summed E-state index contributed by atoms with van der Waals surface area (Å²) in [7, 11) is 0. The van der Waals surface area contributed by atoms with Crippen LogP contribution in [0.2, 0.25) is 0 Å². The second-order valence-electron chi connectivity index (χ2n) is 8.62. The highest BCUT2D eigenvalue weighted by Crippen LogP contribution is 2.28. The smallest absolute Gasteiger partial charge is 0.317 e. The number of aliphatic carboxylic acids is 2. The van der Waals surface area contributed by atoms with E-state index in [-0.39, 0.29) is 12.3 Å². The summed E-state index contributed by atoms with van der Waals surface area (Å²) >= 11 is 0. The quantitative estimate of drug-likeness (QED) is 0.248. The Morgan fingerprint density at radius 3 is 1.64 bits per heavy atom. The molecule has 11 nitrogen and oxygen atoms in total. The predicted octanol–water partition coefficient (Wildman–Crippen LogP) is 1.83. The van der Waals surface area contributed by atoms with E-state index in [1.54, 1.807) is 18.2 Å². The molecule has 2 aromatic heterocycles. The van der Waals surface area contributed by atoms with Crippen molar-refractivity contribution >= 4 is 23.6 Å². The van der Waals surface area contributed by atoms with Gasteiger partial charge in [-0.3, -0.25) is 19.4 Å². The standard InChI is InChI=1S/C25H30N6O5/c1-16-8-17(25(36)18(9-16)11-31(14-23(32)33)15-24(34)35)10-30(12-19-4-2-6-21(26)28-19)13-20-5-3-7-22(27)29-20/h2-9,36H,10-15H2,1H3,(H2,26,28)(H2,27,29)(H,32,33)(H,34,35). The van der Waals surface area contributed by atoms with Crippen LogP contribution >= 0.6 is 0 Å². The largest absolute Gasteiger partial charge is 0.507 e. The van der Waals surface area contributed by atoms with Crippen molar-refractivity contribution in [3.63, 3.8) is 0 Å². The molecule has 0 spiro atoms. The first-order chi connectivity index (χ1) is 17.1. The minimum atomic E-state index is -1.15. The summed E-state index contributed by atoms with van der Waals surface area (Å²) in [6.45, 7) is 2.02. The number of phenols is 1. The van der Waals surface area contributed by atoms with Crippen LogP contribution in [-0.2, 0) is 35.8 Å². The molecule has 0 unspecified atom stereocenters. The first-order valence-corrected chi connectivity index (χ1v) is 11.2. The van der Waals surface area contributed by atoms with E-state index < -0.39 is 25.0 Å². The fourth-order valence-electron chi connectivity index (χ4n) is 4.01. The predicted molar refractivity (Wildman–Crippen MR) is 134 cm³/mol. The molecule has 1 aromatic carbocycles. The van der Waals surface area contributed by atoms with E-state index in [0.717, 1.165) is 17.0 Å². The minimum Gasteiger partial charge on any atom is -0.507 e.